The van der Waals surface area contributed by atoms with E-state index >= 15 is 0 Å². The van der Waals surface area contributed by atoms with Crippen LogP contribution in [0.4, 0.5) is 0 Å². The maximum Gasteiger partial charge on any atom is 0.229 e. The third-order valence-electron chi connectivity index (χ3n) is 3.47. The summed E-state index contributed by atoms with van der Waals surface area (Å²) in [6, 6.07) is 7.08. The molecule has 1 fully saturated rings. The number of phenols is 1. The number of benzene rings is 1. The molecule has 2 N–H and O–H groups in total. The molecule has 5 nitrogen and oxygen atoms in total. The minimum Gasteiger partial charge on any atom is -0.508 e. The molecule has 0 spiro atoms. The summed E-state index contributed by atoms with van der Waals surface area (Å²) in [6.07, 6.45) is 2.75. The summed E-state index contributed by atoms with van der Waals surface area (Å²) in [6.45, 7) is 2.03. The number of rotatable bonds is 3. The van der Waals surface area contributed by atoms with Gasteiger partial charge in [0.2, 0.25) is 5.89 Å². The predicted octanol–water partition coefficient (Wildman–Crippen LogP) is 1.83. The third kappa shape index (κ3) is 2.93. The Hall–Kier alpha value is -1.88. The predicted molar refractivity (Wildman–Crippen MR) is 70.1 cm³/mol. The molecule has 19 heavy (non-hydrogen) atoms. The monoisotopic (exact) mass is 259 g/mol. The minimum absolute atomic E-state index is 0.271. The Morgan fingerprint density at radius 2 is 1.95 bits per heavy atom. The largest absolute Gasteiger partial charge is 0.508 e. The van der Waals surface area contributed by atoms with Crippen LogP contribution >= 0.6 is 0 Å². The lowest BCUT2D eigenvalue weighted by Gasteiger charge is -2.18. The summed E-state index contributed by atoms with van der Waals surface area (Å²) in [4.78, 5) is 4.48. The Morgan fingerprint density at radius 3 is 2.68 bits per heavy atom. The molecule has 2 heterocycles. The van der Waals surface area contributed by atoms with Gasteiger partial charge in [0.1, 0.15) is 5.75 Å². The van der Waals surface area contributed by atoms with E-state index in [0.29, 0.717) is 18.2 Å². The highest BCUT2D eigenvalue weighted by Crippen LogP contribution is 2.23. The second kappa shape index (κ2) is 5.40. The maximum absolute atomic E-state index is 9.24. The molecule has 100 valence electrons. The molecule has 0 aliphatic carbocycles. The highest BCUT2D eigenvalue weighted by Gasteiger charge is 2.21. The molecular weight excluding hydrogens is 242 g/mol. The van der Waals surface area contributed by atoms with Crippen molar-refractivity contribution in [3.63, 3.8) is 0 Å². The average molecular weight is 259 g/mol. The van der Waals surface area contributed by atoms with Crippen molar-refractivity contribution in [2.45, 2.75) is 25.2 Å². The summed E-state index contributed by atoms with van der Waals surface area (Å²) >= 11 is 0. The van der Waals surface area contributed by atoms with E-state index in [0.717, 1.165) is 37.4 Å². The van der Waals surface area contributed by atoms with E-state index in [4.69, 9.17) is 4.52 Å². The lowest BCUT2D eigenvalue weighted by Crippen LogP contribution is -2.26. The van der Waals surface area contributed by atoms with Crippen LogP contribution in [0.15, 0.2) is 28.8 Å². The molecule has 1 aromatic heterocycles. The Kier molecular flexibility index (Phi) is 3.46. The lowest BCUT2D eigenvalue weighted by atomic mass is 9.98. The molecule has 0 amide bonds. The van der Waals surface area contributed by atoms with Crippen LogP contribution in [0.2, 0.25) is 0 Å². The number of aromatic hydroxyl groups is 1. The molecule has 1 aliphatic rings. The Balaban J connectivity index is 1.68. The van der Waals surface area contributed by atoms with Crippen molar-refractivity contribution in [3.05, 3.63) is 41.5 Å². The molecule has 1 aromatic carbocycles. The molecule has 1 saturated heterocycles. The molecule has 5 heteroatoms. The maximum atomic E-state index is 9.24. The highest BCUT2D eigenvalue weighted by atomic mass is 16.5. The van der Waals surface area contributed by atoms with Gasteiger partial charge in [0, 0.05) is 12.3 Å². The van der Waals surface area contributed by atoms with Gasteiger partial charge in [-0.05, 0) is 43.6 Å². The van der Waals surface area contributed by atoms with Gasteiger partial charge in [-0.2, -0.15) is 4.98 Å². The van der Waals surface area contributed by atoms with E-state index in [1.54, 1.807) is 12.1 Å². The lowest BCUT2D eigenvalue weighted by molar-refractivity contribution is 0.318. The fourth-order valence-electron chi connectivity index (χ4n) is 2.37. The van der Waals surface area contributed by atoms with Crippen molar-refractivity contribution in [1.82, 2.24) is 15.5 Å². The molecule has 0 atom stereocenters. The summed E-state index contributed by atoms with van der Waals surface area (Å²) in [5.74, 6) is 2.13. The van der Waals surface area contributed by atoms with Crippen molar-refractivity contribution in [2.75, 3.05) is 13.1 Å². The first kappa shape index (κ1) is 12.2. The minimum atomic E-state index is 0.271. The van der Waals surface area contributed by atoms with Gasteiger partial charge in [0.05, 0.1) is 0 Å². The number of phenolic OH excluding ortho intramolecular Hbond substituents is 1. The highest BCUT2D eigenvalue weighted by molar-refractivity contribution is 5.27. The fourth-order valence-corrected chi connectivity index (χ4v) is 2.37. The molecular formula is C14H17N3O2. The molecule has 0 saturated carbocycles. The number of piperidine rings is 1. The second-order valence-corrected chi connectivity index (χ2v) is 4.92. The fraction of sp³-hybridized carbons (Fsp3) is 0.429. The van der Waals surface area contributed by atoms with Gasteiger partial charge in [-0.15, -0.1) is 0 Å². The summed E-state index contributed by atoms with van der Waals surface area (Å²) < 4.78 is 5.36. The van der Waals surface area contributed by atoms with Crippen LogP contribution in [0.3, 0.4) is 0 Å². The van der Waals surface area contributed by atoms with Crippen LogP contribution in [0, 0.1) is 0 Å². The van der Waals surface area contributed by atoms with Gasteiger partial charge in [0.15, 0.2) is 5.82 Å². The van der Waals surface area contributed by atoms with Crippen molar-refractivity contribution in [1.29, 1.82) is 0 Å². The van der Waals surface area contributed by atoms with E-state index in [2.05, 4.69) is 15.5 Å². The van der Waals surface area contributed by atoms with Crippen LogP contribution in [0.5, 0.6) is 5.75 Å². The zero-order valence-electron chi connectivity index (χ0n) is 10.7. The quantitative estimate of drug-likeness (QED) is 0.880. The van der Waals surface area contributed by atoms with E-state index in [1.807, 2.05) is 12.1 Å². The van der Waals surface area contributed by atoms with Crippen LogP contribution in [0.25, 0.3) is 0 Å². The van der Waals surface area contributed by atoms with Gasteiger partial charge >= 0.3 is 0 Å². The number of hydrogen-bond donors (Lipinski definition) is 2. The Bertz CT molecular complexity index is 530. The standard InChI is InChI=1S/C14H17N3O2/c18-12-3-1-10(2-4-12)9-13-16-14(19-17-13)11-5-7-15-8-6-11/h1-4,11,15,18H,5-9H2. The number of hydrogen-bond acceptors (Lipinski definition) is 5. The summed E-state index contributed by atoms with van der Waals surface area (Å²) in [5, 5.41) is 16.6. The van der Waals surface area contributed by atoms with Crippen LogP contribution in [0.1, 0.15) is 36.0 Å². The second-order valence-electron chi connectivity index (χ2n) is 4.92. The van der Waals surface area contributed by atoms with E-state index < -0.39 is 0 Å². The third-order valence-corrected chi connectivity index (χ3v) is 3.47. The molecule has 2 aromatic rings. The first-order valence-electron chi connectivity index (χ1n) is 6.62. The zero-order valence-corrected chi connectivity index (χ0v) is 10.7. The Labute approximate surface area is 111 Å². The van der Waals surface area contributed by atoms with Gasteiger partial charge in [0.25, 0.3) is 0 Å². The summed E-state index contributed by atoms with van der Waals surface area (Å²) in [5.41, 5.74) is 1.07. The van der Waals surface area contributed by atoms with Crippen molar-refractivity contribution in [3.8, 4) is 5.75 Å². The average Bonchev–Trinajstić information content (AvgIpc) is 2.91. The van der Waals surface area contributed by atoms with Gasteiger partial charge in [-0.1, -0.05) is 17.3 Å². The zero-order chi connectivity index (χ0) is 13.1. The molecule has 0 unspecified atom stereocenters. The van der Waals surface area contributed by atoms with Crippen molar-refractivity contribution >= 4 is 0 Å². The molecule has 1 aliphatic heterocycles. The SMILES string of the molecule is Oc1ccc(Cc2noc(C3CCNCC3)n2)cc1. The van der Waals surface area contributed by atoms with E-state index in [-0.39, 0.29) is 5.75 Å². The van der Waals surface area contributed by atoms with Gasteiger partial charge in [-0.25, -0.2) is 0 Å². The first-order chi connectivity index (χ1) is 9.31. The van der Waals surface area contributed by atoms with Crippen molar-refractivity contribution in [2.24, 2.45) is 0 Å². The normalized spacial score (nSPS) is 16.6. The van der Waals surface area contributed by atoms with E-state index in [9.17, 15) is 5.11 Å². The first-order valence-corrected chi connectivity index (χ1v) is 6.62. The van der Waals surface area contributed by atoms with Crippen molar-refractivity contribution < 1.29 is 9.63 Å². The number of nitrogens with zero attached hydrogens (tertiary/aromatic N) is 2. The van der Waals surface area contributed by atoms with Gasteiger partial charge in [-0.3, -0.25) is 0 Å². The summed E-state index contributed by atoms with van der Waals surface area (Å²) in [7, 11) is 0. The molecule has 0 radical (unpaired) electrons. The smallest absolute Gasteiger partial charge is 0.229 e. The molecule has 3 rings (SSSR count). The van der Waals surface area contributed by atoms with Crippen LogP contribution < -0.4 is 5.32 Å². The Morgan fingerprint density at radius 1 is 1.21 bits per heavy atom. The van der Waals surface area contributed by atoms with Gasteiger partial charge < -0.3 is 14.9 Å². The number of aromatic nitrogens is 2. The molecule has 0 bridgehead atoms. The van der Waals surface area contributed by atoms with E-state index in [1.165, 1.54) is 0 Å². The number of nitrogens with one attached hydrogen (secondary N) is 1. The topological polar surface area (TPSA) is 71.2 Å². The van der Waals surface area contributed by atoms with Crippen LogP contribution in [-0.2, 0) is 6.42 Å². The van der Waals surface area contributed by atoms with Crippen LogP contribution in [-0.4, -0.2) is 28.3 Å².